The number of rotatable bonds is 7. The van der Waals surface area contributed by atoms with Gasteiger partial charge in [0.1, 0.15) is 0 Å². The number of aromatic nitrogens is 1. The largest absolute Gasteiger partial charge is 0.310 e. The van der Waals surface area contributed by atoms with Crippen LogP contribution in [-0.4, -0.2) is 4.57 Å². The Bertz CT molecular complexity index is 3080. The van der Waals surface area contributed by atoms with E-state index < -0.39 is 0 Å². The summed E-state index contributed by atoms with van der Waals surface area (Å²) in [6.45, 7) is 4.84. The van der Waals surface area contributed by atoms with Crippen LogP contribution in [0.4, 0.5) is 17.1 Å². The molecule has 2 aliphatic carbocycles. The zero-order valence-corrected chi connectivity index (χ0v) is 33.4. The molecule has 11 rings (SSSR count). The molecule has 0 aliphatic heterocycles. The van der Waals surface area contributed by atoms with Crippen LogP contribution < -0.4 is 4.90 Å². The molecule has 0 spiro atoms. The molecule has 282 valence electrons. The minimum atomic E-state index is -0.0281. The molecule has 0 bridgehead atoms. The molecule has 0 radical (unpaired) electrons. The van der Waals surface area contributed by atoms with E-state index in [0.29, 0.717) is 0 Å². The summed E-state index contributed by atoms with van der Waals surface area (Å²) in [6, 6.07) is 71.0. The Morgan fingerprint density at radius 2 is 1.02 bits per heavy atom. The number of hydrogen-bond acceptors (Lipinski definition) is 1. The Hall–Kier alpha value is -7.16. The van der Waals surface area contributed by atoms with Crippen LogP contribution in [0.25, 0.3) is 66.4 Å². The van der Waals surface area contributed by atoms with E-state index in [-0.39, 0.29) is 5.41 Å². The summed E-state index contributed by atoms with van der Waals surface area (Å²) < 4.78 is 2.55. The molecule has 2 heteroatoms. The van der Waals surface area contributed by atoms with E-state index in [2.05, 4.69) is 230 Å². The highest BCUT2D eigenvalue weighted by Gasteiger charge is 2.39. The van der Waals surface area contributed by atoms with Crippen molar-refractivity contribution in [3.8, 4) is 39.1 Å². The monoisotopic (exact) mass is 756 g/mol. The summed E-state index contributed by atoms with van der Waals surface area (Å²) in [5.41, 5.74) is 19.9. The van der Waals surface area contributed by atoms with Crippen LogP contribution in [0.1, 0.15) is 37.8 Å². The topological polar surface area (TPSA) is 8.17 Å². The third kappa shape index (κ3) is 5.86. The van der Waals surface area contributed by atoms with Crippen LogP contribution in [0.15, 0.2) is 212 Å². The summed E-state index contributed by atoms with van der Waals surface area (Å²) >= 11 is 0. The lowest BCUT2D eigenvalue weighted by molar-refractivity contribution is 0.607. The first kappa shape index (κ1) is 35.0. The van der Waals surface area contributed by atoms with E-state index in [1.807, 2.05) is 0 Å². The molecular weight excluding hydrogens is 713 g/mol. The van der Waals surface area contributed by atoms with Crippen LogP contribution in [0.3, 0.4) is 0 Å². The van der Waals surface area contributed by atoms with Gasteiger partial charge in [-0.05, 0) is 106 Å². The standard InChI is InChI=1S/C57H44N2/c1-57(2)52-24-13-12-23-51(52)55-53(57)36-35-50-49-34-33-48(38-54(49)59(56(50)55)46-31-27-43(28-32-46)40-17-8-4-9-18-40)58(45-29-25-42(26-30-45)39-15-6-3-7-16-39)47-22-14-21-44(37-47)41-19-10-5-11-20-41/h3-12,14-23,25-38H,13,24H2,1-2H3. The van der Waals surface area contributed by atoms with E-state index >= 15 is 0 Å². The minimum Gasteiger partial charge on any atom is -0.310 e. The van der Waals surface area contributed by atoms with Gasteiger partial charge in [0, 0.05) is 44.5 Å². The summed E-state index contributed by atoms with van der Waals surface area (Å²) in [5, 5.41) is 2.54. The molecule has 9 aromatic rings. The molecule has 0 atom stereocenters. The molecule has 0 N–H and O–H groups in total. The maximum atomic E-state index is 2.55. The maximum Gasteiger partial charge on any atom is 0.0622 e. The van der Waals surface area contributed by atoms with Gasteiger partial charge in [-0.3, -0.25) is 0 Å². The fourth-order valence-corrected chi connectivity index (χ4v) is 9.77. The second-order valence-electron chi connectivity index (χ2n) is 16.5. The third-order valence-electron chi connectivity index (χ3n) is 12.7. The van der Waals surface area contributed by atoms with Crippen molar-refractivity contribution in [2.45, 2.75) is 32.1 Å². The summed E-state index contributed by atoms with van der Waals surface area (Å²) in [5.74, 6) is 0. The van der Waals surface area contributed by atoms with Crippen LogP contribution in [0.5, 0.6) is 0 Å². The molecule has 0 saturated carbocycles. The second kappa shape index (κ2) is 14.0. The smallest absolute Gasteiger partial charge is 0.0622 e. The average Bonchev–Trinajstić information content (AvgIpc) is 3.75. The molecular formula is C57H44N2. The first-order valence-electron chi connectivity index (χ1n) is 20.8. The molecule has 2 aliphatic rings. The fourth-order valence-electron chi connectivity index (χ4n) is 9.77. The highest BCUT2D eigenvalue weighted by Crippen LogP contribution is 2.54. The van der Waals surface area contributed by atoms with Crippen molar-refractivity contribution in [1.82, 2.24) is 4.57 Å². The van der Waals surface area contributed by atoms with Crippen LogP contribution in [0, 0.1) is 0 Å². The lowest BCUT2D eigenvalue weighted by atomic mass is 9.78. The van der Waals surface area contributed by atoms with Gasteiger partial charge in [0.2, 0.25) is 0 Å². The quantitative estimate of drug-likeness (QED) is 0.157. The number of benzene rings is 8. The first-order valence-corrected chi connectivity index (χ1v) is 20.8. The Kier molecular flexibility index (Phi) is 8.34. The predicted octanol–water partition coefficient (Wildman–Crippen LogP) is 15.6. The predicted molar refractivity (Wildman–Crippen MR) is 250 cm³/mol. The SMILES string of the molecule is CC1(C)C2=C(C=CCC2)c2c1ccc1c3ccc(N(c4ccc(-c5ccccc5)cc4)c4cccc(-c5ccccc5)c4)cc3n(-c3ccc(-c4ccccc4)cc3)c21. The van der Waals surface area contributed by atoms with E-state index in [4.69, 9.17) is 0 Å². The average molecular weight is 757 g/mol. The second-order valence-corrected chi connectivity index (χ2v) is 16.5. The van der Waals surface area contributed by atoms with Gasteiger partial charge in [0.25, 0.3) is 0 Å². The van der Waals surface area contributed by atoms with Gasteiger partial charge in [0.15, 0.2) is 0 Å². The minimum absolute atomic E-state index is 0.0281. The van der Waals surface area contributed by atoms with Crippen molar-refractivity contribution < 1.29 is 0 Å². The Balaban J connectivity index is 1.15. The molecule has 0 unspecified atom stereocenters. The van der Waals surface area contributed by atoms with Crippen molar-refractivity contribution in [3.05, 3.63) is 223 Å². The first-order chi connectivity index (χ1) is 29.0. The van der Waals surface area contributed by atoms with E-state index in [0.717, 1.165) is 35.6 Å². The van der Waals surface area contributed by atoms with Gasteiger partial charge >= 0.3 is 0 Å². The summed E-state index contributed by atoms with van der Waals surface area (Å²) in [4.78, 5) is 2.42. The lowest BCUT2D eigenvalue weighted by Gasteiger charge is -2.26. The Labute approximate surface area is 346 Å². The normalized spacial score (nSPS) is 14.1. The van der Waals surface area contributed by atoms with Gasteiger partial charge in [-0.2, -0.15) is 0 Å². The van der Waals surface area contributed by atoms with E-state index in [9.17, 15) is 0 Å². The van der Waals surface area contributed by atoms with Gasteiger partial charge in [-0.1, -0.05) is 177 Å². The number of allylic oxidation sites excluding steroid dienone is 4. The summed E-state index contributed by atoms with van der Waals surface area (Å²) in [6.07, 6.45) is 6.97. The molecule has 0 saturated heterocycles. The Morgan fingerprint density at radius 3 is 1.68 bits per heavy atom. The molecule has 59 heavy (non-hydrogen) atoms. The highest BCUT2D eigenvalue weighted by atomic mass is 15.1. The van der Waals surface area contributed by atoms with Gasteiger partial charge < -0.3 is 9.47 Å². The van der Waals surface area contributed by atoms with Crippen LogP contribution in [0.2, 0.25) is 0 Å². The van der Waals surface area contributed by atoms with Crippen LogP contribution >= 0.6 is 0 Å². The van der Waals surface area contributed by atoms with Crippen molar-refractivity contribution >= 4 is 44.4 Å². The van der Waals surface area contributed by atoms with E-state index in [1.54, 1.807) is 5.57 Å². The number of nitrogens with zero attached hydrogens (tertiary/aromatic N) is 2. The van der Waals surface area contributed by atoms with Crippen molar-refractivity contribution in [2.75, 3.05) is 4.90 Å². The highest BCUT2D eigenvalue weighted by molar-refractivity contribution is 6.15. The molecule has 1 aromatic heterocycles. The van der Waals surface area contributed by atoms with Crippen molar-refractivity contribution in [1.29, 1.82) is 0 Å². The fraction of sp³-hybridized carbons (Fsp3) is 0.0877. The number of fused-ring (bicyclic) bond motifs is 6. The zero-order chi connectivity index (χ0) is 39.5. The van der Waals surface area contributed by atoms with Crippen LogP contribution in [-0.2, 0) is 5.41 Å². The molecule has 1 heterocycles. The van der Waals surface area contributed by atoms with Crippen molar-refractivity contribution in [3.63, 3.8) is 0 Å². The third-order valence-corrected chi connectivity index (χ3v) is 12.7. The van der Waals surface area contributed by atoms with E-state index in [1.165, 1.54) is 71.9 Å². The molecule has 0 amide bonds. The van der Waals surface area contributed by atoms with Crippen molar-refractivity contribution in [2.24, 2.45) is 0 Å². The molecule has 8 aromatic carbocycles. The number of hydrogen-bond donors (Lipinski definition) is 0. The maximum absolute atomic E-state index is 2.55. The molecule has 2 nitrogen and oxygen atoms in total. The van der Waals surface area contributed by atoms with Gasteiger partial charge in [-0.15, -0.1) is 0 Å². The van der Waals surface area contributed by atoms with Gasteiger partial charge in [-0.25, -0.2) is 0 Å². The number of anilines is 3. The molecule has 0 fully saturated rings. The zero-order valence-electron chi connectivity index (χ0n) is 33.4. The lowest BCUT2D eigenvalue weighted by Crippen LogP contribution is -2.17. The van der Waals surface area contributed by atoms with Gasteiger partial charge in [0.05, 0.1) is 11.0 Å². The summed E-state index contributed by atoms with van der Waals surface area (Å²) in [7, 11) is 0. The Morgan fingerprint density at radius 1 is 0.475 bits per heavy atom.